The topological polar surface area (TPSA) is 37.8 Å². The summed E-state index contributed by atoms with van der Waals surface area (Å²) in [6, 6.07) is 11.6. The summed E-state index contributed by atoms with van der Waals surface area (Å²) in [5.74, 6) is 1.42. The van der Waals surface area contributed by atoms with Gasteiger partial charge in [0.15, 0.2) is 0 Å². The molecule has 3 aliphatic heterocycles. The van der Waals surface area contributed by atoms with Gasteiger partial charge in [-0.2, -0.15) is 0 Å². The number of hydrogen-bond donors (Lipinski definition) is 0. The molecule has 2 fully saturated rings. The molecule has 3 aliphatic rings. The first-order chi connectivity index (χ1) is 14.4. The second kappa shape index (κ2) is 8.82. The molecule has 1 aromatic heterocycles. The molecule has 0 N–H and O–H groups in total. The lowest BCUT2D eigenvalue weighted by Crippen LogP contribution is -2.37. The molecule has 5 rings (SSSR count). The average Bonchev–Trinajstić information content (AvgIpc) is 3.26. The van der Waals surface area contributed by atoms with Crippen molar-refractivity contribution in [2.75, 3.05) is 52.5 Å². The molecule has 0 aliphatic carbocycles. The van der Waals surface area contributed by atoms with Crippen molar-refractivity contribution in [1.82, 2.24) is 14.8 Å². The Labute approximate surface area is 173 Å². The van der Waals surface area contributed by atoms with Gasteiger partial charge in [0, 0.05) is 50.5 Å². The first-order valence-corrected chi connectivity index (χ1v) is 11.1. The van der Waals surface area contributed by atoms with Gasteiger partial charge in [0.25, 0.3) is 0 Å². The summed E-state index contributed by atoms with van der Waals surface area (Å²) in [5, 5.41) is 0. The summed E-state index contributed by atoms with van der Waals surface area (Å²) < 4.78 is 11.6. The number of nitrogens with zero attached hydrogens (tertiary/aromatic N) is 3. The fraction of sp³-hybridized carbons (Fsp3) is 0.542. The quantitative estimate of drug-likeness (QED) is 0.703. The first-order valence-electron chi connectivity index (χ1n) is 11.1. The third kappa shape index (κ3) is 4.18. The van der Waals surface area contributed by atoms with E-state index in [1.807, 2.05) is 12.4 Å². The molecule has 0 bridgehead atoms. The minimum absolute atomic E-state index is 0.406. The molecule has 2 atom stereocenters. The van der Waals surface area contributed by atoms with E-state index < -0.39 is 0 Å². The normalized spacial score (nSPS) is 24.8. The summed E-state index contributed by atoms with van der Waals surface area (Å²) in [7, 11) is 0. The van der Waals surface area contributed by atoms with E-state index in [1.165, 1.54) is 36.1 Å². The summed E-state index contributed by atoms with van der Waals surface area (Å²) in [4.78, 5) is 9.49. The highest BCUT2D eigenvalue weighted by Crippen LogP contribution is 2.45. The standard InChI is InChI=1S/C24H31N3O2/c1-4-19(17-25-8-1)23-18-27-10-2-5-24(27)22-16-20(6-7-21(22)23)29-13-3-9-26-11-14-28-15-12-26/h1,4,6-8,16-17,23-24H,2-3,5,9-15,18H2/t23-,24+/m0/s1. The molecule has 0 radical (unpaired) electrons. The molecule has 0 spiro atoms. The van der Waals surface area contributed by atoms with Gasteiger partial charge in [-0.25, -0.2) is 0 Å². The van der Waals surface area contributed by atoms with Crippen molar-refractivity contribution in [3.63, 3.8) is 0 Å². The first kappa shape index (κ1) is 19.0. The van der Waals surface area contributed by atoms with E-state index in [2.05, 4.69) is 45.1 Å². The van der Waals surface area contributed by atoms with Crippen LogP contribution in [0.25, 0.3) is 0 Å². The van der Waals surface area contributed by atoms with E-state index in [1.54, 1.807) is 0 Å². The number of hydrogen-bond acceptors (Lipinski definition) is 5. The summed E-state index contributed by atoms with van der Waals surface area (Å²) in [6.45, 7) is 7.99. The van der Waals surface area contributed by atoms with E-state index in [0.29, 0.717) is 12.0 Å². The Morgan fingerprint density at radius 3 is 2.90 bits per heavy atom. The molecule has 0 amide bonds. The lowest BCUT2D eigenvalue weighted by atomic mass is 9.82. The third-order valence-electron chi connectivity index (χ3n) is 6.65. The fourth-order valence-electron chi connectivity index (χ4n) is 5.15. The van der Waals surface area contributed by atoms with Crippen molar-refractivity contribution < 1.29 is 9.47 Å². The summed E-state index contributed by atoms with van der Waals surface area (Å²) >= 11 is 0. The van der Waals surface area contributed by atoms with Crippen molar-refractivity contribution >= 4 is 0 Å². The predicted molar refractivity (Wildman–Crippen MR) is 113 cm³/mol. The molecule has 1 aromatic carbocycles. The lowest BCUT2D eigenvalue weighted by Gasteiger charge is -2.37. The highest BCUT2D eigenvalue weighted by molar-refractivity contribution is 5.46. The van der Waals surface area contributed by atoms with Crippen LogP contribution < -0.4 is 4.74 Å². The van der Waals surface area contributed by atoms with Gasteiger partial charge >= 0.3 is 0 Å². The molecular weight excluding hydrogens is 362 g/mol. The van der Waals surface area contributed by atoms with E-state index in [-0.39, 0.29) is 0 Å². The van der Waals surface area contributed by atoms with E-state index in [9.17, 15) is 0 Å². The minimum atomic E-state index is 0.406. The van der Waals surface area contributed by atoms with E-state index >= 15 is 0 Å². The number of benzene rings is 1. The van der Waals surface area contributed by atoms with Gasteiger partial charge in [0.1, 0.15) is 5.75 Å². The van der Waals surface area contributed by atoms with Crippen molar-refractivity contribution in [3.8, 4) is 5.75 Å². The van der Waals surface area contributed by atoms with Gasteiger partial charge < -0.3 is 9.47 Å². The summed E-state index contributed by atoms with van der Waals surface area (Å²) in [5.41, 5.74) is 4.24. The maximum atomic E-state index is 6.16. The Bertz CT molecular complexity index is 807. The van der Waals surface area contributed by atoms with Crippen LogP contribution in [0.5, 0.6) is 5.75 Å². The fourth-order valence-corrected chi connectivity index (χ4v) is 5.15. The van der Waals surface area contributed by atoms with Crippen molar-refractivity contribution in [2.24, 2.45) is 0 Å². The zero-order valence-electron chi connectivity index (χ0n) is 17.1. The Kier molecular flexibility index (Phi) is 5.79. The third-order valence-corrected chi connectivity index (χ3v) is 6.65. The molecule has 5 heteroatoms. The molecule has 0 saturated carbocycles. The van der Waals surface area contributed by atoms with Crippen LogP contribution in [0.15, 0.2) is 42.7 Å². The van der Waals surface area contributed by atoms with Crippen LogP contribution in [0.3, 0.4) is 0 Å². The van der Waals surface area contributed by atoms with Gasteiger partial charge in [-0.1, -0.05) is 12.1 Å². The molecule has 4 heterocycles. The van der Waals surface area contributed by atoms with Crippen molar-refractivity contribution in [3.05, 3.63) is 59.4 Å². The number of morpholine rings is 1. The van der Waals surface area contributed by atoms with Crippen molar-refractivity contribution in [1.29, 1.82) is 0 Å². The largest absolute Gasteiger partial charge is 0.494 e. The molecule has 154 valence electrons. The second-order valence-corrected chi connectivity index (χ2v) is 8.44. The minimum Gasteiger partial charge on any atom is -0.494 e. The molecule has 0 unspecified atom stereocenters. The SMILES string of the molecule is c1cncc([C@@H]2CN3CCC[C@@H]3c3cc(OCCCN4CCOCC4)ccc32)c1. The van der Waals surface area contributed by atoms with Crippen LogP contribution in [-0.4, -0.2) is 67.3 Å². The van der Waals surface area contributed by atoms with Crippen LogP contribution in [-0.2, 0) is 4.74 Å². The Morgan fingerprint density at radius 1 is 1.10 bits per heavy atom. The van der Waals surface area contributed by atoms with Gasteiger partial charge in [-0.15, -0.1) is 0 Å². The van der Waals surface area contributed by atoms with Gasteiger partial charge in [-0.3, -0.25) is 14.8 Å². The molecule has 2 saturated heterocycles. The zero-order chi connectivity index (χ0) is 19.5. The average molecular weight is 394 g/mol. The highest BCUT2D eigenvalue weighted by atomic mass is 16.5. The van der Waals surface area contributed by atoms with Crippen LogP contribution in [0.1, 0.15) is 47.9 Å². The predicted octanol–water partition coefficient (Wildman–Crippen LogP) is 3.47. The number of pyridine rings is 1. The molecule has 29 heavy (non-hydrogen) atoms. The number of rotatable bonds is 6. The Balaban J connectivity index is 1.29. The monoisotopic (exact) mass is 393 g/mol. The molecular formula is C24H31N3O2. The number of aromatic nitrogens is 1. The van der Waals surface area contributed by atoms with Crippen molar-refractivity contribution in [2.45, 2.75) is 31.2 Å². The van der Waals surface area contributed by atoms with Gasteiger partial charge in [0.05, 0.1) is 19.8 Å². The summed E-state index contributed by atoms with van der Waals surface area (Å²) in [6.07, 6.45) is 7.49. The van der Waals surface area contributed by atoms with Crippen LogP contribution in [0, 0.1) is 0 Å². The second-order valence-electron chi connectivity index (χ2n) is 8.44. The maximum absolute atomic E-state index is 6.16. The van der Waals surface area contributed by atoms with Gasteiger partial charge in [-0.05, 0) is 60.7 Å². The Hall–Kier alpha value is -1.95. The molecule has 2 aromatic rings. The number of fused-ring (bicyclic) bond motifs is 3. The molecule has 5 nitrogen and oxygen atoms in total. The van der Waals surface area contributed by atoms with E-state index in [4.69, 9.17) is 9.47 Å². The Morgan fingerprint density at radius 2 is 2.03 bits per heavy atom. The smallest absolute Gasteiger partial charge is 0.119 e. The number of ether oxygens (including phenoxy) is 2. The van der Waals surface area contributed by atoms with Crippen LogP contribution >= 0.6 is 0 Å². The van der Waals surface area contributed by atoms with Gasteiger partial charge in [0.2, 0.25) is 0 Å². The van der Waals surface area contributed by atoms with Crippen LogP contribution in [0.4, 0.5) is 0 Å². The zero-order valence-corrected chi connectivity index (χ0v) is 17.1. The van der Waals surface area contributed by atoms with Crippen LogP contribution in [0.2, 0.25) is 0 Å². The highest BCUT2D eigenvalue weighted by Gasteiger charge is 2.36. The maximum Gasteiger partial charge on any atom is 0.119 e. The van der Waals surface area contributed by atoms with E-state index in [0.717, 1.165) is 58.2 Å². The lowest BCUT2D eigenvalue weighted by molar-refractivity contribution is 0.0358.